The van der Waals surface area contributed by atoms with E-state index in [0.717, 1.165) is 35.8 Å². The maximum atomic E-state index is 5.56. The van der Waals surface area contributed by atoms with Gasteiger partial charge in [-0.25, -0.2) is 0 Å². The first kappa shape index (κ1) is 19.9. The second-order valence-electron chi connectivity index (χ2n) is 9.85. The topological polar surface area (TPSA) is 30.5 Å². The number of nitrogens with one attached hydrogen (secondary N) is 1. The molecule has 2 aromatic carbocycles. The van der Waals surface area contributed by atoms with Crippen LogP contribution in [0.5, 0.6) is 11.5 Å². The number of para-hydroxylation sites is 1. The smallest absolute Gasteiger partial charge is 0.123 e. The molecule has 0 aromatic heterocycles. The SMILES string of the molecule is COc1ccc2c(c1)CC[C@@H]1[C@@H]2CC[C@]2(C)[C@H](NCc3ccccc3OC)CC[C@@H]12. The fourth-order valence-electron chi connectivity index (χ4n) is 7.10. The van der Waals surface area contributed by atoms with Crippen LogP contribution < -0.4 is 14.8 Å². The van der Waals surface area contributed by atoms with Crippen molar-refractivity contribution in [3.8, 4) is 11.5 Å². The highest BCUT2D eigenvalue weighted by Gasteiger charge is 2.54. The average Bonchev–Trinajstić information content (AvgIpc) is 3.13. The first-order valence-electron chi connectivity index (χ1n) is 11.7. The number of fused-ring (bicyclic) bond motifs is 5. The average molecular weight is 406 g/mol. The number of benzene rings is 2. The van der Waals surface area contributed by atoms with E-state index in [0.29, 0.717) is 11.5 Å². The maximum Gasteiger partial charge on any atom is 0.123 e. The zero-order valence-corrected chi connectivity index (χ0v) is 18.6. The molecule has 0 bridgehead atoms. The van der Waals surface area contributed by atoms with Crippen molar-refractivity contribution in [2.45, 2.75) is 64.0 Å². The fraction of sp³-hybridized carbons (Fsp3) is 0.556. The van der Waals surface area contributed by atoms with Crippen molar-refractivity contribution in [2.24, 2.45) is 17.3 Å². The third-order valence-electron chi connectivity index (χ3n) is 8.67. The van der Waals surface area contributed by atoms with E-state index in [-0.39, 0.29) is 0 Å². The molecule has 0 unspecified atom stereocenters. The van der Waals surface area contributed by atoms with Gasteiger partial charge in [-0.05, 0) is 91.0 Å². The molecule has 0 saturated heterocycles. The second-order valence-corrected chi connectivity index (χ2v) is 9.85. The summed E-state index contributed by atoms with van der Waals surface area (Å²) in [5, 5.41) is 3.95. The molecule has 160 valence electrons. The van der Waals surface area contributed by atoms with Crippen LogP contribution in [0.25, 0.3) is 0 Å². The molecule has 3 heteroatoms. The van der Waals surface area contributed by atoms with Crippen LogP contribution in [0.15, 0.2) is 42.5 Å². The molecule has 5 atom stereocenters. The Bertz CT molecular complexity index is 909. The lowest BCUT2D eigenvalue weighted by atomic mass is 9.55. The summed E-state index contributed by atoms with van der Waals surface area (Å²) < 4.78 is 11.0. The molecule has 2 fully saturated rings. The molecule has 2 saturated carbocycles. The van der Waals surface area contributed by atoms with E-state index in [9.17, 15) is 0 Å². The Hall–Kier alpha value is -2.00. The van der Waals surface area contributed by atoms with Gasteiger partial charge in [0.25, 0.3) is 0 Å². The van der Waals surface area contributed by atoms with Crippen molar-refractivity contribution in [1.82, 2.24) is 5.32 Å². The summed E-state index contributed by atoms with van der Waals surface area (Å²) >= 11 is 0. The second kappa shape index (κ2) is 7.92. The van der Waals surface area contributed by atoms with Crippen LogP contribution in [0.4, 0.5) is 0 Å². The molecular formula is C27H35NO2. The van der Waals surface area contributed by atoms with Crippen molar-refractivity contribution in [3.05, 3.63) is 59.2 Å². The Kier molecular flexibility index (Phi) is 5.26. The zero-order valence-electron chi connectivity index (χ0n) is 18.6. The quantitative estimate of drug-likeness (QED) is 0.690. The highest BCUT2D eigenvalue weighted by atomic mass is 16.5. The number of rotatable bonds is 5. The van der Waals surface area contributed by atoms with Crippen molar-refractivity contribution >= 4 is 0 Å². The number of aryl methyl sites for hydroxylation is 1. The van der Waals surface area contributed by atoms with Gasteiger partial charge in [0.05, 0.1) is 14.2 Å². The molecular weight excluding hydrogens is 370 g/mol. The predicted octanol–water partition coefficient (Wildman–Crippen LogP) is 5.72. The van der Waals surface area contributed by atoms with E-state index in [1.807, 2.05) is 6.07 Å². The van der Waals surface area contributed by atoms with Crippen molar-refractivity contribution < 1.29 is 9.47 Å². The highest BCUT2D eigenvalue weighted by molar-refractivity contribution is 5.41. The Labute approximate surface area is 181 Å². The molecule has 5 rings (SSSR count). The molecule has 3 aliphatic rings. The van der Waals surface area contributed by atoms with E-state index in [4.69, 9.17) is 9.47 Å². The summed E-state index contributed by atoms with van der Waals surface area (Å²) in [7, 11) is 3.54. The molecule has 0 amide bonds. The highest BCUT2D eigenvalue weighted by Crippen LogP contribution is 2.61. The molecule has 0 heterocycles. The molecule has 3 nitrogen and oxygen atoms in total. The minimum Gasteiger partial charge on any atom is -0.497 e. The molecule has 2 aromatic rings. The van der Waals surface area contributed by atoms with Gasteiger partial charge in [-0.15, -0.1) is 0 Å². The summed E-state index contributed by atoms with van der Waals surface area (Å²) in [6, 6.07) is 15.8. The van der Waals surface area contributed by atoms with Crippen molar-refractivity contribution in [3.63, 3.8) is 0 Å². The van der Waals surface area contributed by atoms with Gasteiger partial charge in [0.2, 0.25) is 0 Å². The standard InChI is InChI=1S/C27H35NO2/c1-27-15-14-22-21-11-9-20(29-2)16-18(21)8-10-23(22)24(27)12-13-26(27)28-17-19-6-4-5-7-25(19)30-3/h4-7,9,11,16,22-24,26,28H,8,10,12-15,17H2,1-3H3/t22-,23-,24+,26-,27+/m1/s1. The molecule has 30 heavy (non-hydrogen) atoms. The van der Waals surface area contributed by atoms with E-state index in [1.54, 1.807) is 19.8 Å². The van der Waals surface area contributed by atoms with Gasteiger partial charge < -0.3 is 14.8 Å². The van der Waals surface area contributed by atoms with Crippen molar-refractivity contribution in [2.75, 3.05) is 14.2 Å². The fourth-order valence-corrected chi connectivity index (χ4v) is 7.10. The van der Waals surface area contributed by atoms with Crippen LogP contribution in [0.1, 0.15) is 61.6 Å². The summed E-state index contributed by atoms with van der Waals surface area (Å²) in [6.45, 7) is 3.47. The van der Waals surface area contributed by atoms with Crippen LogP contribution in [0.3, 0.4) is 0 Å². The van der Waals surface area contributed by atoms with Gasteiger partial charge >= 0.3 is 0 Å². The number of hydrogen-bond acceptors (Lipinski definition) is 3. The maximum absolute atomic E-state index is 5.56. The predicted molar refractivity (Wildman–Crippen MR) is 121 cm³/mol. The third kappa shape index (κ3) is 3.22. The summed E-state index contributed by atoms with van der Waals surface area (Å²) in [6.07, 6.45) is 7.86. The van der Waals surface area contributed by atoms with Crippen LogP contribution in [-0.2, 0) is 13.0 Å². The lowest BCUT2D eigenvalue weighted by Crippen LogP contribution is -2.48. The number of ether oxygens (including phenoxy) is 2. The largest absolute Gasteiger partial charge is 0.497 e. The van der Waals surface area contributed by atoms with Gasteiger partial charge in [-0.3, -0.25) is 0 Å². The van der Waals surface area contributed by atoms with E-state index >= 15 is 0 Å². The minimum atomic E-state index is 0.410. The first-order chi connectivity index (χ1) is 14.6. The van der Waals surface area contributed by atoms with Gasteiger partial charge in [0.1, 0.15) is 11.5 Å². The summed E-state index contributed by atoms with van der Waals surface area (Å²) in [5.74, 6) is 4.41. The normalized spacial score (nSPS) is 32.1. The van der Waals surface area contributed by atoms with E-state index in [2.05, 4.69) is 48.6 Å². The Balaban J connectivity index is 1.33. The van der Waals surface area contributed by atoms with Gasteiger partial charge in [-0.2, -0.15) is 0 Å². The summed E-state index contributed by atoms with van der Waals surface area (Å²) in [5.41, 5.74) is 4.82. The van der Waals surface area contributed by atoms with E-state index < -0.39 is 0 Å². The van der Waals surface area contributed by atoms with Crippen LogP contribution >= 0.6 is 0 Å². The van der Waals surface area contributed by atoms with Crippen LogP contribution in [0, 0.1) is 17.3 Å². The Morgan fingerprint density at radius 1 is 1.00 bits per heavy atom. The van der Waals surface area contributed by atoms with Gasteiger partial charge in [0, 0.05) is 18.2 Å². The monoisotopic (exact) mass is 405 g/mol. The lowest BCUT2D eigenvalue weighted by Gasteiger charge is -2.51. The Morgan fingerprint density at radius 2 is 1.87 bits per heavy atom. The number of hydrogen-bond donors (Lipinski definition) is 1. The minimum absolute atomic E-state index is 0.410. The molecule has 0 aliphatic heterocycles. The lowest BCUT2D eigenvalue weighted by molar-refractivity contribution is 0.0407. The van der Waals surface area contributed by atoms with Gasteiger partial charge in [-0.1, -0.05) is 31.2 Å². The van der Waals surface area contributed by atoms with Crippen LogP contribution in [0.2, 0.25) is 0 Å². The molecule has 0 radical (unpaired) electrons. The van der Waals surface area contributed by atoms with Crippen LogP contribution in [-0.4, -0.2) is 20.3 Å². The molecule has 3 aliphatic carbocycles. The number of methoxy groups -OCH3 is 2. The van der Waals surface area contributed by atoms with E-state index in [1.165, 1.54) is 49.7 Å². The molecule has 0 spiro atoms. The first-order valence-corrected chi connectivity index (χ1v) is 11.7. The molecule has 1 N–H and O–H groups in total. The Morgan fingerprint density at radius 3 is 2.70 bits per heavy atom. The van der Waals surface area contributed by atoms with Crippen molar-refractivity contribution in [1.29, 1.82) is 0 Å². The summed E-state index contributed by atoms with van der Waals surface area (Å²) in [4.78, 5) is 0. The van der Waals surface area contributed by atoms with Gasteiger partial charge in [0.15, 0.2) is 0 Å². The zero-order chi connectivity index (χ0) is 20.7. The third-order valence-corrected chi connectivity index (χ3v) is 8.67.